The number of ether oxygens (including phenoxy) is 1. The lowest BCUT2D eigenvalue weighted by Gasteiger charge is -2.32. The van der Waals surface area contributed by atoms with E-state index in [0.717, 1.165) is 12.8 Å². The molecule has 2 heterocycles. The molecule has 3 rings (SSSR count). The van der Waals surface area contributed by atoms with Crippen LogP contribution < -0.4 is 4.74 Å². The van der Waals surface area contributed by atoms with Crippen LogP contribution in [0.5, 0.6) is 5.88 Å². The minimum absolute atomic E-state index is 0.0892. The molecule has 7 heteroatoms. The van der Waals surface area contributed by atoms with Gasteiger partial charge in [0, 0.05) is 23.8 Å². The van der Waals surface area contributed by atoms with Gasteiger partial charge >= 0.3 is 0 Å². The maximum atomic E-state index is 12.6. The van der Waals surface area contributed by atoms with Crippen molar-refractivity contribution in [3.8, 4) is 5.88 Å². The van der Waals surface area contributed by atoms with Crippen LogP contribution in [0.4, 0.5) is 0 Å². The fourth-order valence-electron chi connectivity index (χ4n) is 2.57. The van der Waals surface area contributed by atoms with Crippen molar-refractivity contribution in [1.29, 1.82) is 0 Å². The Hall–Kier alpha value is -1.85. The van der Waals surface area contributed by atoms with Gasteiger partial charge in [0.25, 0.3) is 5.91 Å². The topological polar surface area (TPSA) is 55.3 Å². The number of carbonyl (C=O) groups is 1. The average molecular weight is 352 g/mol. The largest absolute Gasteiger partial charge is 0.472 e. The summed E-state index contributed by atoms with van der Waals surface area (Å²) >= 11 is 12.0. The molecule has 1 unspecified atom stereocenters. The standard InChI is InChI=1S/C16H15Cl2N3O2/c17-11-3-4-13(14(18)8-11)16(22)21-7-1-2-12(9-21)23-15-5-6-19-10-20-15/h3-6,8,10,12H,1-2,7,9H2. The van der Waals surface area contributed by atoms with Gasteiger partial charge < -0.3 is 9.64 Å². The van der Waals surface area contributed by atoms with E-state index < -0.39 is 0 Å². The summed E-state index contributed by atoms with van der Waals surface area (Å²) in [5.74, 6) is 0.409. The maximum Gasteiger partial charge on any atom is 0.255 e. The number of halogens is 2. The molecular formula is C16H15Cl2N3O2. The molecule has 23 heavy (non-hydrogen) atoms. The third-order valence-corrected chi connectivity index (χ3v) is 4.22. The molecule has 1 saturated heterocycles. The van der Waals surface area contributed by atoms with E-state index in [1.54, 1.807) is 35.4 Å². The highest BCUT2D eigenvalue weighted by Crippen LogP contribution is 2.24. The fourth-order valence-corrected chi connectivity index (χ4v) is 3.06. The zero-order valence-corrected chi connectivity index (χ0v) is 13.8. The van der Waals surface area contributed by atoms with E-state index >= 15 is 0 Å². The molecule has 1 aromatic heterocycles. The molecule has 0 saturated carbocycles. The van der Waals surface area contributed by atoms with Crippen molar-refractivity contribution in [3.63, 3.8) is 0 Å². The molecule has 1 aliphatic rings. The number of amides is 1. The third kappa shape index (κ3) is 3.92. The molecule has 1 atom stereocenters. The van der Waals surface area contributed by atoms with Gasteiger partial charge in [-0.15, -0.1) is 0 Å². The van der Waals surface area contributed by atoms with E-state index in [2.05, 4.69) is 9.97 Å². The Bertz CT molecular complexity index is 697. The molecule has 0 aliphatic carbocycles. The van der Waals surface area contributed by atoms with Gasteiger partial charge in [-0.3, -0.25) is 4.79 Å². The number of benzene rings is 1. The molecular weight excluding hydrogens is 337 g/mol. The summed E-state index contributed by atoms with van der Waals surface area (Å²) in [6.07, 6.45) is 4.72. The first-order chi connectivity index (χ1) is 11.1. The number of hydrogen-bond donors (Lipinski definition) is 0. The summed E-state index contributed by atoms with van der Waals surface area (Å²) in [5, 5.41) is 0.872. The van der Waals surface area contributed by atoms with Crippen LogP contribution >= 0.6 is 23.2 Å². The van der Waals surface area contributed by atoms with Crippen LogP contribution in [0.25, 0.3) is 0 Å². The van der Waals surface area contributed by atoms with Gasteiger partial charge in [0.1, 0.15) is 12.4 Å². The van der Waals surface area contributed by atoms with Crippen LogP contribution in [0.1, 0.15) is 23.2 Å². The van der Waals surface area contributed by atoms with Gasteiger partial charge in [-0.2, -0.15) is 0 Å². The number of piperidine rings is 1. The lowest BCUT2D eigenvalue weighted by Crippen LogP contribution is -2.44. The van der Waals surface area contributed by atoms with Gasteiger partial charge in [0.05, 0.1) is 17.1 Å². The quantitative estimate of drug-likeness (QED) is 0.849. The van der Waals surface area contributed by atoms with Crippen LogP contribution in [0.15, 0.2) is 36.8 Å². The van der Waals surface area contributed by atoms with Crippen molar-refractivity contribution >= 4 is 29.1 Å². The molecule has 5 nitrogen and oxygen atoms in total. The van der Waals surface area contributed by atoms with Gasteiger partial charge in [0.2, 0.25) is 5.88 Å². The first-order valence-corrected chi connectivity index (χ1v) is 8.06. The van der Waals surface area contributed by atoms with Crippen molar-refractivity contribution in [2.45, 2.75) is 18.9 Å². The Kier molecular flexibility index (Phi) is 4.98. The second-order valence-corrected chi connectivity index (χ2v) is 6.15. The van der Waals surface area contributed by atoms with E-state index in [1.165, 1.54) is 6.33 Å². The van der Waals surface area contributed by atoms with Gasteiger partial charge in [-0.25, -0.2) is 9.97 Å². The molecule has 0 N–H and O–H groups in total. The Morgan fingerprint density at radius 1 is 1.30 bits per heavy atom. The fraction of sp³-hybridized carbons (Fsp3) is 0.312. The van der Waals surface area contributed by atoms with E-state index in [1.807, 2.05) is 0 Å². The third-order valence-electron chi connectivity index (χ3n) is 3.67. The van der Waals surface area contributed by atoms with Gasteiger partial charge in [0.15, 0.2) is 0 Å². The molecule has 2 aromatic rings. The normalized spacial score (nSPS) is 17.8. The molecule has 0 spiro atoms. The SMILES string of the molecule is O=C(c1ccc(Cl)cc1Cl)N1CCCC(Oc2ccncn2)C1. The Labute approximate surface area is 144 Å². The van der Waals surface area contributed by atoms with Crippen LogP contribution in [0.2, 0.25) is 10.0 Å². The number of carbonyl (C=O) groups excluding carboxylic acids is 1. The summed E-state index contributed by atoms with van der Waals surface area (Å²) in [6, 6.07) is 6.60. The van der Waals surface area contributed by atoms with Crippen molar-refractivity contribution in [2.75, 3.05) is 13.1 Å². The zero-order valence-electron chi connectivity index (χ0n) is 12.3. The first-order valence-electron chi connectivity index (χ1n) is 7.30. The smallest absolute Gasteiger partial charge is 0.255 e. The summed E-state index contributed by atoms with van der Waals surface area (Å²) in [6.45, 7) is 1.18. The zero-order chi connectivity index (χ0) is 16.2. The maximum absolute atomic E-state index is 12.6. The molecule has 1 aromatic carbocycles. The molecule has 0 radical (unpaired) electrons. The molecule has 1 amide bonds. The second-order valence-electron chi connectivity index (χ2n) is 5.31. The highest BCUT2D eigenvalue weighted by molar-refractivity contribution is 6.36. The predicted octanol–water partition coefficient (Wildman–Crippen LogP) is 3.47. The van der Waals surface area contributed by atoms with Gasteiger partial charge in [-0.1, -0.05) is 23.2 Å². The van der Waals surface area contributed by atoms with Gasteiger partial charge in [-0.05, 0) is 31.0 Å². The lowest BCUT2D eigenvalue weighted by atomic mass is 10.1. The van der Waals surface area contributed by atoms with Crippen molar-refractivity contribution < 1.29 is 9.53 Å². The Morgan fingerprint density at radius 2 is 2.17 bits per heavy atom. The number of nitrogens with zero attached hydrogens (tertiary/aromatic N) is 3. The highest BCUT2D eigenvalue weighted by Gasteiger charge is 2.27. The molecule has 0 bridgehead atoms. The number of hydrogen-bond acceptors (Lipinski definition) is 4. The van der Waals surface area contributed by atoms with E-state index in [4.69, 9.17) is 27.9 Å². The van der Waals surface area contributed by atoms with Crippen LogP contribution in [0.3, 0.4) is 0 Å². The van der Waals surface area contributed by atoms with Crippen molar-refractivity contribution in [3.05, 3.63) is 52.4 Å². The lowest BCUT2D eigenvalue weighted by molar-refractivity contribution is 0.0527. The van der Waals surface area contributed by atoms with Crippen molar-refractivity contribution in [1.82, 2.24) is 14.9 Å². The highest BCUT2D eigenvalue weighted by atomic mass is 35.5. The monoisotopic (exact) mass is 351 g/mol. The Balaban J connectivity index is 1.69. The summed E-state index contributed by atoms with van der Waals surface area (Å²) in [5.41, 5.74) is 0.457. The minimum Gasteiger partial charge on any atom is -0.472 e. The van der Waals surface area contributed by atoms with E-state index in [-0.39, 0.29) is 12.0 Å². The van der Waals surface area contributed by atoms with Crippen LogP contribution in [-0.4, -0.2) is 40.0 Å². The van der Waals surface area contributed by atoms with Crippen LogP contribution in [-0.2, 0) is 0 Å². The first kappa shape index (κ1) is 16.0. The minimum atomic E-state index is -0.109. The van der Waals surface area contributed by atoms with E-state index in [0.29, 0.717) is 34.6 Å². The van der Waals surface area contributed by atoms with Crippen LogP contribution in [0, 0.1) is 0 Å². The summed E-state index contributed by atoms with van der Waals surface area (Å²) in [4.78, 5) is 22.3. The second kappa shape index (κ2) is 7.15. The van der Waals surface area contributed by atoms with E-state index in [9.17, 15) is 4.79 Å². The number of aromatic nitrogens is 2. The number of rotatable bonds is 3. The Morgan fingerprint density at radius 3 is 2.91 bits per heavy atom. The number of likely N-dealkylation sites (tertiary alicyclic amines) is 1. The predicted molar refractivity (Wildman–Crippen MR) is 88.0 cm³/mol. The van der Waals surface area contributed by atoms with Crippen molar-refractivity contribution in [2.24, 2.45) is 0 Å². The summed E-state index contributed by atoms with van der Waals surface area (Å²) in [7, 11) is 0. The molecule has 1 fully saturated rings. The average Bonchev–Trinajstić information content (AvgIpc) is 2.55. The molecule has 120 valence electrons. The molecule has 1 aliphatic heterocycles. The summed E-state index contributed by atoms with van der Waals surface area (Å²) < 4.78 is 5.82.